The first-order valence-corrected chi connectivity index (χ1v) is 14.6. The number of carbonyl (C=O) groups is 1. The van der Waals surface area contributed by atoms with Gasteiger partial charge in [0.15, 0.2) is 0 Å². The van der Waals surface area contributed by atoms with Crippen LogP contribution in [0.25, 0.3) is 22.2 Å². The minimum atomic E-state index is -4.70. The van der Waals surface area contributed by atoms with Crippen molar-refractivity contribution < 1.29 is 34.8 Å². The largest absolute Gasteiger partial charge is 0.417 e. The molecule has 0 radical (unpaired) electrons. The Hall–Kier alpha value is -3.96. The normalized spacial score (nSPS) is 12.4. The molecule has 206 valence electrons. The summed E-state index contributed by atoms with van der Waals surface area (Å²) >= 11 is 5.59. The highest BCUT2D eigenvalue weighted by atomic mass is 35.5. The summed E-state index contributed by atoms with van der Waals surface area (Å²) in [5, 5.41) is 18.6. The average molecular weight is 604 g/mol. The van der Waals surface area contributed by atoms with Crippen molar-refractivity contribution in [1.82, 2.24) is 20.4 Å². The summed E-state index contributed by atoms with van der Waals surface area (Å²) in [6.45, 7) is 0. The van der Waals surface area contributed by atoms with Crippen LogP contribution >= 0.6 is 11.6 Å². The summed E-state index contributed by atoms with van der Waals surface area (Å²) in [4.78, 5) is 12.3. The number of fused-ring (bicyclic) bond motifs is 1. The van der Waals surface area contributed by atoms with Crippen molar-refractivity contribution in [3.8, 4) is 11.3 Å². The molecule has 3 N–H and O–H groups in total. The molecule has 4 aromatic rings. The fraction of sp³-hybridized carbons (Fsp3) is 0.143. The molecule has 0 saturated heterocycles. The first-order valence-electron chi connectivity index (χ1n) is 10.5. The number of aromatic amines is 1. The predicted molar refractivity (Wildman–Crippen MR) is 138 cm³/mol. The van der Waals surface area contributed by atoms with Crippen molar-refractivity contribution in [2.45, 2.75) is 6.18 Å². The fourth-order valence-corrected chi connectivity index (χ4v) is 6.64. The molecule has 0 saturated carbocycles. The topological polar surface area (TPSA) is 167 Å². The summed E-state index contributed by atoms with van der Waals surface area (Å²) in [6, 6.07) is 8.21. The van der Waals surface area contributed by atoms with Crippen molar-refractivity contribution in [2.24, 2.45) is 0 Å². The van der Waals surface area contributed by atoms with Gasteiger partial charge in [0.25, 0.3) is 0 Å². The number of halogens is 4. The van der Waals surface area contributed by atoms with Crippen LogP contribution in [-0.4, -0.2) is 55.8 Å². The van der Waals surface area contributed by atoms with E-state index in [4.69, 9.17) is 11.6 Å². The van der Waals surface area contributed by atoms with E-state index in [1.807, 2.05) is 0 Å². The molecule has 0 atom stereocenters. The number of nitrogens with zero attached hydrogens (tertiary/aromatic N) is 4. The lowest BCUT2D eigenvalue weighted by Crippen LogP contribution is -2.36. The lowest BCUT2D eigenvalue weighted by Gasteiger charge is -2.17. The molecule has 18 heteroatoms. The highest BCUT2D eigenvalue weighted by Crippen LogP contribution is 2.36. The van der Waals surface area contributed by atoms with Gasteiger partial charge in [0.1, 0.15) is 5.52 Å². The number of H-pyrrole nitrogens is 1. The molecule has 2 heterocycles. The molecule has 0 aliphatic carbocycles. The van der Waals surface area contributed by atoms with Gasteiger partial charge in [-0.2, -0.15) is 23.4 Å². The van der Waals surface area contributed by atoms with Crippen molar-refractivity contribution >= 4 is 65.8 Å². The number of urea groups is 1. The zero-order chi connectivity index (χ0) is 28.8. The second kappa shape index (κ2) is 9.97. The van der Waals surface area contributed by atoms with Crippen molar-refractivity contribution in [2.75, 3.05) is 26.9 Å². The van der Waals surface area contributed by atoms with Gasteiger partial charge in [-0.1, -0.05) is 23.7 Å². The van der Waals surface area contributed by atoms with Crippen molar-refractivity contribution in [3.05, 3.63) is 59.2 Å². The predicted octanol–water partition coefficient (Wildman–Crippen LogP) is 4.06. The standard InChI is InChI=1S/C21H17ClF3N7O5S2/c1-38(34,35)32(39(2,36)37)19-18-14(10-26-31-19)17(29-30-18)11-3-5-12(6-4-11)27-20(33)28-13-7-8-16(22)15(9-13)21(23,24)25/h3-10H,1-2H3,(H,29,30)(H2,27,28,33). The van der Waals surface area contributed by atoms with E-state index in [-0.39, 0.29) is 26.0 Å². The Balaban J connectivity index is 1.57. The maximum absolute atomic E-state index is 13.0. The molecular weight excluding hydrogens is 587 g/mol. The van der Waals surface area contributed by atoms with E-state index in [0.717, 1.165) is 6.07 Å². The first-order chi connectivity index (χ1) is 18.1. The third kappa shape index (κ3) is 6.04. The number of carbonyl (C=O) groups excluding carboxylic acids is 1. The van der Waals surface area contributed by atoms with Gasteiger partial charge in [-0.15, -0.1) is 8.81 Å². The van der Waals surface area contributed by atoms with E-state index >= 15 is 0 Å². The lowest BCUT2D eigenvalue weighted by molar-refractivity contribution is -0.137. The SMILES string of the molecule is CS(=O)(=O)N(c1nncc2c(-c3ccc(NC(=O)Nc4ccc(Cl)c(C(F)(F)F)c4)cc3)[nH]nc12)S(C)(=O)=O. The van der Waals surface area contributed by atoms with Crippen LogP contribution in [-0.2, 0) is 26.2 Å². The zero-order valence-electron chi connectivity index (χ0n) is 19.8. The van der Waals surface area contributed by atoms with E-state index in [1.165, 1.54) is 24.4 Å². The molecule has 0 aliphatic rings. The number of aromatic nitrogens is 4. The third-order valence-electron chi connectivity index (χ3n) is 5.09. The average Bonchev–Trinajstić information content (AvgIpc) is 3.23. The van der Waals surface area contributed by atoms with Gasteiger partial charge in [-0.05, 0) is 30.3 Å². The summed E-state index contributed by atoms with van der Waals surface area (Å²) in [7, 11) is -8.59. The van der Waals surface area contributed by atoms with Crippen LogP contribution in [0.3, 0.4) is 0 Å². The van der Waals surface area contributed by atoms with Crippen LogP contribution in [0.15, 0.2) is 48.7 Å². The second-order valence-corrected chi connectivity index (χ2v) is 12.4. The Morgan fingerprint density at radius 2 is 1.56 bits per heavy atom. The summed E-state index contributed by atoms with van der Waals surface area (Å²) in [5.74, 6) is -0.508. The molecular formula is C21H17ClF3N7O5S2. The van der Waals surface area contributed by atoms with Crippen LogP contribution < -0.4 is 14.3 Å². The number of nitrogens with one attached hydrogen (secondary N) is 3. The van der Waals surface area contributed by atoms with Crippen molar-refractivity contribution in [3.63, 3.8) is 0 Å². The summed E-state index contributed by atoms with van der Waals surface area (Å²) < 4.78 is 87.9. The van der Waals surface area contributed by atoms with E-state index in [9.17, 15) is 34.8 Å². The minimum Gasteiger partial charge on any atom is -0.308 e. The van der Waals surface area contributed by atoms with E-state index < -0.39 is 48.7 Å². The Morgan fingerprint density at radius 3 is 2.15 bits per heavy atom. The van der Waals surface area contributed by atoms with Crippen LogP contribution in [0.1, 0.15) is 5.56 Å². The maximum atomic E-state index is 13.0. The lowest BCUT2D eigenvalue weighted by atomic mass is 10.1. The Bertz CT molecular complexity index is 1760. The fourth-order valence-electron chi connectivity index (χ4n) is 3.57. The van der Waals surface area contributed by atoms with E-state index in [0.29, 0.717) is 29.8 Å². The molecule has 39 heavy (non-hydrogen) atoms. The summed E-state index contributed by atoms with van der Waals surface area (Å²) in [6.07, 6.45) is -2.03. The van der Waals surface area contributed by atoms with Gasteiger partial charge < -0.3 is 10.6 Å². The van der Waals surface area contributed by atoms with Gasteiger partial charge in [-0.3, -0.25) is 5.10 Å². The summed E-state index contributed by atoms with van der Waals surface area (Å²) in [5.41, 5.74) is -0.161. The molecule has 0 unspecified atom stereocenters. The van der Waals surface area contributed by atoms with Gasteiger partial charge in [0.2, 0.25) is 25.9 Å². The maximum Gasteiger partial charge on any atom is 0.417 e. The van der Waals surface area contributed by atoms with Crippen LogP contribution in [0.5, 0.6) is 0 Å². The second-order valence-electron chi connectivity index (χ2n) is 8.10. The highest BCUT2D eigenvalue weighted by molar-refractivity contribution is 8.09. The Morgan fingerprint density at radius 1 is 0.974 bits per heavy atom. The minimum absolute atomic E-state index is 0.0707. The third-order valence-corrected chi connectivity index (χ3v) is 8.60. The quantitative estimate of drug-likeness (QED) is 0.296. The molecule has 0 spiro atoms. The molecule has 4 rings (SSSR count). The number of benzene rings is 2. The van der Waals surface area contributed by atoms with Gasteiger partial charge in [0, 0.05) is 16.9 Å². The molecule has 2 aromatic heterocycles. The number of sulfonamides is 2. The smallest absolute Gasteiger partial charge is 0.308 e. The molecule has 2 aromatic carbocycles. The van der Waals surface area contributed by atoms with Gasteiger partial charge in [0.05, 0.1) is 40.4 Å². The number of alkyl halides is 3. The zero-order valence-corrected chi connectivity index (χ0v) is 22.2. The van der Waals surface area contributed by atoms with E-state index in [1.54, 1.807) is 12.1 Å². The number of amides is 2. The van der Waals surface area contributed by atoms with Gasteiger partial charge >= 0.3 is 12.2 Å². The molecule has 2 amide bonds. The van der Waals surface area contributed by atoms with Gasteiger partial charge in [-0.25, -0.2) is 21.6 Å². The van der Waals surface area contributed by atoms with Crippen LogP contribution in [0.2, 0.25) is 5.02 Å². The Labute approximate surface area is 224 Å². The number of rotatable bonds is 6. The van der Waals surface area contributed by atoms with Crippen molar-refractivity contribution in [1.29, 1.82) is 0 Å². The number of anilines is 3. The number of hydrogen-bond donors (Lipinski definition) is 3. The Kier molecular flexibility index (Phi) is 7.18. The molecule has 12 nitrogen and oxygen atoms in total. The highest BCUT2D eigenvalue weighted by Gasteiger charge is 2.34. The molecule has 0 bridgehead atoms. The molecule has 0 aliphatic heterocycles. The first kappa shape index (κ1) is 28.1. The van der Waals surface area contributed by atoms with Crippen LogP contribution in [0, 0.1) is 0 Å². The monoisotopic (exact) mass is 603 g/mol. The van der Waals surface area contributed by atoms with Crippen LogP contribution in [0.4, 0.5) is 35.2 Å². The molecule has 0 fully saturated rings. The van der Waals surface area contributed by atoms with E-state index in [2.05, 4.69) is 31.0 Å². The number of hydrogen-bond acceptors (Lipinski definition) is 8.